The number of nitrogens with one attached hydrogen (secondary N) is 2. The number of nitro groups is 2. The van der Waals surface area contributed by atoms with Crippen molar-refractivity contribution in [2.45, 2.75) is 21.9 Å². The Hall–Kier alpha value is -3.77. The Morgan fingerprint density at radius 1 is 0.795 bits per heavy atom. The molecule has 17 heteroatoms. The summed E-state index contributed by atoms with van der Waals surface area (Å²) in [7, 11) is -8.69. The van der Waals surface area contributed by atoms with Gasteiger partial charge < -0.3 is 4.74 Å². The highest BCUT2D eigenvalue weighted by molar-refractivity contribution is 9.10. The van der Waals surface area contributed by atoms with Crippen LogP contribution < -0.4 is 9.44 Å². The molecule has 3 rings (SSSR count). The standard InChI is InChI=1S/C22H19BrN4O10S2/c1-37-22(28)21(25-39(35,36)19-9-5-3-7-17(19)27(31)32)20(14-10-12-15(23)13-11-14)24-38(33,34)18-8-4-2-6-16(18)26(29)30/h2-13,20-21,24-25H,1H3/t20-,21-/m1/s1. The van der Waals surface area contributed by atoms with E-state index in [4.69, 9.17) is 4.74 Å². The molecule has 14 nitrogen and oxygen atoms in total. The number of carbonyl (C=O) groups is 1. The second kappa shape index (κ2) is 12.0. The monoisotopic (exact) mass is 642 g/mol. The Balaban J connectivity index is 2.18. The number of nitro benzene ring substituents is 2. The molecule has 2 atom stereocenters. The van der Waals surface area contributed by atoms with Gasteiger partial charge in [-0.3, -0.25) is 25.0 Å². The number of hydrogen-bond donors (Lipinski definition) is 2. The summed E-state index contributed by atoms with van der Waals surface area (Å²) in [4.78, 5) is 32.4. The number of benzene rings is 3. The molecule has 0 saturated carbocycles. The van der Waals surface area contributed by atoms with Crippen LogP contribution in [-0.2, 0) is 29.6 Å². The van der Waals surface area contributed by atoms with E-state index in [1.807, 2.05) is 4.72 Å². The van der Waals surface area contributed by atoms with Gasteiger partial charge in [0.05, 0.1) is 23.0 Å². The van der Waals surface area contributed by atoms with Gasteiger partial charge in [-0.15, -0.1) is 0 Å². The van der Waals surface area contributed by atoms with Crippen LogP contribution in [0.5, 0.6) is 0 Å². The van der Waals surface area contributed by atoms with E-state index in [9.17, 15) is 41.9 Å². The predicted molar refractivity (Wildman–Crippen MR) is 140 cm³/mol. The lowest BCUT2D eigenvalue weighted by atomic mass is 10.0. The maximum Gasteiger partial charge on any atom is 0.325 e. The van der Waals surface area contributed by atoms with Crippen molar-refractivity contribution in [1.29, 1.82) is 0 Å². The van der Waals surface area contributed by atoms with Crippen LogP contribution in [0, 0.1) is 20.2 Å². The number of methoxy groups -OCH3 is 1. The van der Waals surface area contributed by atoms with Crippen molar-refractivity contribution in [1.82, 2.24) is 9.44 Å². The van der Waals surface area contributed by atoms with Crippen LogP contribution in [0.1, 0.15) is 11.6 Å². The molecule has 0 saturated heterocycles. The van der Waals surface area contributed by atoms with Gasteiger partial charge in [0.2, 0.25) is 20.0 Å². The number of sulfonamides is 2. The van der Waals surface area contributed by atoms with Crippen LogP contribution in [0.4, 0.5) is 11.4 Å². The number of esters is 1. The molecule has 0 aliphatic rings. The van der Waals surface area contributed by atoms with E-state index in [1.165, 1.54) is 48.5 Å². The van der Waals surface area contributed by atoms with Gasteiger partial charge in [0.15, 0.2) is 9.79 Å². The molecule has 39 heavy (non-hydrogen) atoms. The fourth-order valence-corrected chi connectivity index (χ4v) is 6.55. The third-order valence-corrected chi connectivity index (χ3v) is 8.79. The van der Waals surface area contributed by atoms with Gasteiger partial charge in [0, 0.05) is 16.6 Å². The van der Waals surface area contributed by atoms with E-state index in [1.54, 1.807) is 0 Å². The lowest BCUT2D eigenvalue weighted by molar-refractivity contribution is -0.388. The zero-order valence-electron chi connectivity index (χ0n) is 19.8. The van der Waals surface area contributed by atoms with Crippen LogP contribution in [0.3, 0.4) is 0 Å². The SMILES string of the molecule is COC(=O)[C@H](NS(=O)(=O)c1ccccc1[N+](=O)[O-])[C@H](NS(=O)(=O)c1ccccc1[N+](=O)[O-])c1ccc(Br)cc1. The van der Waals surface area contributed by atoms with Gasteiger partial charge in [-0.1, -0.05) is 52.3 Å². The molecule has 0 unspecified atom stereocenters. The number of halogens is 1. The Bertz CT molecular complexity index is 1630. The topological polar surface area (TPSA) is 205 Å². The molecule has 3 aromatic carbocycles. The maximum atomic E-state index is 13.4. The lowest BCUT2D eigenvalue weighted by Crippen LogP contribution is -2.51. The summed E-state index contributed by atoms with van der Waals surface area (Å²) in [5.74, 6) is -1.25. The highest BCUT2D eigenvalue weighted by Gasteiger charge is 2.40. The van der Waals surface area contributed by atoms with E-state index in [0.717, 1.165) is 31.4 Å². The molecular weight excluding hydrogens is 624 g/mol. The van der Waals surface area contributed by atoms with Gasteiger partial charge >= 0.3 is 5.97 Å². The molecule has 0 aromatic heterocycles. The Morgan fingerprint density at radius 2 is 1.23 bits per heavy atom. The summed E-state index contributed by atoms with van der Waals surface area (Å²) in [6, 6.07) is 10.7. The number of hydrogen-bond acceptors (Lipinski definition) is 10. The first kappa shape index (κ1) is 29.8. The quantitative estimate of drug-likeness (QED) is 0.178. The molecule has 3 aromatic rings. The number of para-hydroxylation sites is 2. The molecule has 0 radical (unpaired) electrons. The highest BCUT2D eigenvalue weighted by atomic mass is 79.9. The molecule has 206 valence electrons. The van der Waals surface area contributed by atoms with Crippen LogP contribution in [-0.4, -0.2) is 45.8 Å². The molecular formula is C22H19BrN4O10S2. The zero-order valence-corrected chi connectivity index (χ0v) is 23.0. The van der Waals surface area contributed by atoms with Crippen LogP contribution in [0.15, 0.2) is 87.1 Å². The van der Waals surface area contributed by atoms with Crippen molar-refractivity contribution in [2.75, 3.05) is 7.11 Å². The third kappa shape index (κ3) is 6.82. The maximum absolute atomic E-state index is 13.4. The van der Waals surface area contributed by atoms with Gasteiger partial charge in [0.25, 0.3) is 11.4 Å². The summed E-state index contributed by atoms with van der Waals surface area (Å²) >= 11 is 3.22. The Morgan fingerprint density at radius 3 is 1.67 bits per heavy atom. The average molecular weight is 643 g/mol. The molecule has 0 fully saturated rings. The van der Waals surface area contributed by atoms with Gasteiger partial charge in [-0.2, -0.15) is 4.72 Å². The number of rotatable bonds is 11. The van der Waals surface area contributed by atoms with Gasteiger partial charge in [0.1, 0.15) is 6.04 Å². The molecule has 0 amide bonds. The van der Waals surface area contributed by atoms with E-state index < -0.39 is 69.1 Å². The molecule has 0 heterocycles. The second-order valence-electron chi connectivity index (χ2n) is 7.72. The number of nitrogens with zero attached hydrogens (tertiary/aromatic N) is 2. The fourth-order valence-electron chi connectivity index (χ4n) is 3.51. The Labute approximate surface area is 230 Å². The Kier molecular flexibility index (Phi) is 9.13. The van der Waals surface area contributed by atoms with E-state index in [-0.39, 0.29) is 5.56 Å². The van der Waals surface area contributed by atoms with Crippen LogP contribution in [0.25, 0.3) is 0 Å². The summed E-state index contributed by atoms with van der Waals surface area (Å²) in [5, 5.41) is 22.9. The number of carbonyl (C=O) groups excluding carboxylic acids is 1. The summed E-state index contributed by atoms with van der Waals surface area (Å²) in [6.07, 6.45) is 0. The molecule has 0 aliphatic carbocycles. The predicted octanol–water partition coefficient (Wildman–Crippen LogP) is 2.81. The first-order chi connectivity index (χ1) is 18.3. The van der Waals surface area contributed by atoms with Crippen molar-refractivity contribution < 1.29 is 36.2 Å². The van der Waals surface area contributed by atoms with Gasteiger partial charge in [-0.05, 0) is 29.8 Å². The van der Waals surface area contributed by atoms with Crippen LogP contribution in [0.2, 0.25) is 0 Å². The minimum absolute atomic E-state index is 0.0565. The van der Waals surface area contributed by atoms with Crippen molar-refractivity contribution in [3.63, 3.8) is 0 Å². The van der Waals surface area contributed by atoms with Crippen molar-refractivity contribution in [3.05, 3.63) is 103 Å². The molecule has 2 N–H and O–H groups in total. The van der Waals surface area contributed by atoms with Crippen molar-refractivity contribution in [2.24, 2.45) is 0 Å². The fraction of sp³-hybridized carbons (Fsp3) is 0.136. The van der Waals surface area contributed by atoms with E-state index in [0.29, 0.717) is 4.47 Å². The van der Waals surface area contributed by atoms with E-state index in [2.05, 4.69) is 20.7 Å². The van der Waals surface area contributed by atoms with E-state index >= 15 is 0 Å². The minimum atomic E-state index is -4.84. The van der Waals surface area contributed by atoms with Gasteiger partial charge in [-0.25, -0.2) is 21.6 Å². The van der Waals surface area contributed by atoms with Crippen LogP contribution >= 0.6 is 15.9 Å². The van der Waals surface area contributed by atoms with Crippen molar-refractivity contribution in [3.8, 4) is 0 Å². The summed E-state index contributed by atoms with van der Waals surface area (Å²) in [5.41, 5.74) is -1.51. The summed E-state index contributed by atoms with van der Waals surface area (Å²) < 4.78 is 62.7. The number of ether oxygens (including phenoxy) is 1. The highest BCUT2D eigenvalue weighted by Crippen LogP contribution is 2.29. The smallest absolute Gasteiger partial charge is 0.325 e. The molecule has 0 aliphatic heterocycles. The largest absolute Gasteiger partial charge is 0.468 e. The summed E-state index contributed by atoms with van der Waals surface area (Å²) in [6.45, 7) is 0. The van der Waals surface area contributed by atoms with Crippen molar-refractivity contribution >= 4 is 53.3 Å². The zero-order chi connectivity index (χ0) is 29.0. The second-order valence-corrected chi connectivity index (χ2v) is 12.0. The molecule has 0 spiro atoms. The lowest BCUT2D eigenvalue weighted by Gasteiger charge is -2.27. The minimum Gasteiger partial charge on any atom is -0.468 e. The first-order valence-corrected chi connectivity index (χ1v) is 14.4. The normalized spacial score (nSPS) is 13.3. The first-order valence-electron chi connectivity index (χ1n) is 10.6. The molecule has 0 bridgehead atoms. The third-order valence-electron chi connectivity index (χ3n) is 5.28. The average Bonchev–Trinajstić information content (AvgIpc) is 2.90.